The van der Waals surface area contributed by atoms with Gasteiger partial charge in [-0.25, -0.2) is 0 Å². The molecule has 0 N–H and O–H groups in total. The smallest absolute Gasteiger partial charge is 0.264 e. The highest BCUT2D eigenvalue weighted by molar-refractivity contribution is 7.86. The summed E-state index contributed by atoms with van der Waals surface area (Å²) in [6.45, 7) is 0. The topological polar surface area (TPSA) is 43.4 Å². The molecule has 0 fully saturated rings. The first-order valence-corrected chi connectivity index (χ1v) is 7.77. The summed E-state index contributed by atoms with van der Waals surface area (Å²) in [5, 5.41) is 1.03. The van der Waals surface area contributed by atoms with E-state index in [-0.39, 0.29) is 6.10 Å². The molecule has 0 heterocycles. The van der Waals surface area contributed by atoms with Gasteiger partial charge in [0.25, 0.3) is 10.1 Å². The Morgan fingerprint density at radius 3 is 2.41 bits per heavy atom. The van der Waals surface area contributed by atoms with Gasteiger partial charge in [0.2, 0.25) is 0 Å². The fourth-order valence-electron chi connectivity index (χ4n) is 2.05. The second-order valence-corrected chi connectivity index (χ2v) is 6.62. The van der Waals surface area contributed by atoms with E-state index in [4.69, 9.17) is 27.4 Å². The predicted octanol–water partition coefficient (Wildman–Crippen LogP) is 2.83. The average Bonchev–Trinajstić information content (AvgIpc) is 2.18. The largest absolute Gasteiger partial charge is 0.267 e. The first-order chi connectivity index (χ1) is 7.85. The van der Waals surface area contributed by atoms with E-state index in [1.54, 1.807) is 6.07 Å². The monoisotopic (exact) mass is 294 g/mol. The van der Waals surface area contributed by atoms with Gasteiger partial charge in [0.15, 0.2) is 0 Å². The molecular weight excluding hydrogens is 283 g/mol. The van der Waals surface area contributed by atoms with Crippen LogP contribution < -0.4 is 0 Å². The van der Waals surface area contributed by atoms with Crippen LogP contribution in [0.25, 0.3) is 0 Å². The Morgan fingerprint density at radius 1 is 1.24 bits per heavy atom. The van der Waals surface area contributed by atoms with Gasteiger partial charge in [-0.15, -0.1) is 0 Å². The molecule has 0 radical (unpaired) electrons. The third-order valence-corrected chi connectivity index (χ3v) is 4.08. The Kier molecular flexibility index (Phi) is 3.69. The lowest BCUT2D eigenvalue weighted by atomic mass is 9.90. The number of aryl methyl sites for hydroxylation is 1. The third-order valence-electron chi connectivity index (χ3n) is 2.74. The van der Waals surface area contributed by atoms with Crippen molar-refractivity contribution in [1.29, 1.82) is 0 Å². The lowest BCUT2D eigenvalue weighted by Gasteiger charge is -2.24. The van der Waals surface area contributed by atoms with Crippen LogP contribution in [0.5, 0.6) is 0 Å². The summed E-state index contributed by atoms with van der Waals surface area (Å²) in [7, 11) is -3.40. The van der Waals surface area contributed by atoms with Crippen molar-refractivity contribution in [2.45, 2.75) is 25.4 Å². The van der Waals surface area contributed by atoms with Crippen LogP contribution in [0.3, 0.4) is 0 Å². The Morgan fingerprint density at radius 2 is 1.82 bits per heavy atom. The Labute approximate surface area is 111 Å². The van der Waals surface area contributed by atoms with E-state index in [0.717, 1.165) is 23.8 Å². The van der Waals surface area contributed by atoms with Crippen LogP contribution in [-0.2, 0) is 27.1 Å². The molecule has 0 aromatic heterocycles. The van der Waals surface area contributed by atoms with Crippen LogP contribution in [0.15, 0.2) is 12.1 Å². The van der Waals surface area contributed by atoms with E-state index in [9.17, 15) is 8.42 Å². The van der Waals surface area contributed by atoms with Crippen molar-refractivity contribution in [3.8, 4) is 0 Å². The lowest BCUT2D eigenvalue weighted by molar-refractivity contribution is 0.194. The molecule has 1 aromatic carbocycles. The van der Waals surface area contributed by atoms with Crippen molar-refractivity contribution in [3.05, 3.63) is 33.3 Å². The van der Waals surface area contributed by atoms with Crippen molar-refractivity contribution in [2.75, 3.05) is 6.26 Å². The highest BCUT2D eigenvalue weighted by atomic mass is 35.5. The fourth-order valence-corrected chi connectivity index (χ4v) is 3.08. The van der Waals surface area contributed by atoms with Crippen LogP contribution in [0.1, 0.15) is 17.5 Å². The molecule has 17 heavy (non-hydrogen) atoms. The summed E-state index contributed by atoms with van der Waals surface area (Å²) < 4.78 is 27.1. The molecule has 0 saturated heterocycles. The summed E-state index contributed by atoms with van der Waals surface area (Å²) in [5.74, 6) is 0. The molecule has 1 aliphatic rings. The molecule has 1 aliphatic carbocycles. The van der Waals surface area contributed by atoms with E-state index < -0.39 is 10.1 Å². The minimum Gasteiger partial charge on any atom is -0.267 e. The number of rotatable bonds is 2. The Hall–Kier alpha value is -0.290. The molecule has 3 nitrogen and oxygen atoms in total. The van der Waals surface area contributed by atoms with Gasteiger partial charge >= 0.3 is 0 Å². The Balaban J connectivity index is 2.22. The molecule has 0 spiro atoms. The SMILES string of the molecule is CS(=O)(=O)OC1CCc2cc(Cl)c(Cl)cc2C1. The molecular formula is C11H12Cl2O3S. The zero-order chi connectivity index (χ0) is 12.6. The van der Waals surface area contributed by atoms with Gasteiger partial charge in [-0.2, -0.15) is 8.42 Å². The van der Waals surface area contributed by atoms with Crippen molar-refractivity contribution in [2.24, 2.45) is 0 Å². The van der Waals surface area contributed by atoms with E-state index in [1.165, 1.54) is 0 Å². The molecule has 94 valence electrons. The zero-order valence-corrected chi connectivity index (χ0v) is 11.6. The number of hydrogen-bond donors (Lipinski definition) is 0. The summed E-state index contributed by atoms with van der Waals surface area (Å²) in [5.41, 5.74) is 2.13. The quantitative estimate of drug-likeness (QED) is 0.788. The van der Waals surface area contributed by atoms with Crippen LogP contribution >= 0.6 is 23.2 Å². The summed E-state index contributed by atoms with van der Waals surface area (Å²) in [6.07, 6.45) is 2.76. The minimum atomic E-state index is -3.40. The van der Waals surface area contributed by atoms with Gasteiger partial charge in [0.1, 0.15) is 0 Å². The maximum atomic E-state index is 11.1. The first kappa shape index (κ1) is 13.1. The van der Waals surface area contributed by atoms with Crippen LogP contribution in [0, 0.1) is 0 Å². The highest BCUT2D eigenvalue weighted by Gasteiger charge is 2.23. The van der Waals surface area contributed by atoms with Crippen LogP contribution in [0.4, 0.5) is 0 Å². The van der Waals surface area contributed by atoms with E-state index in [1.807, 2.05) is 6.07 Å². The lowest BCUT2D eigenvalue weighted by Crippen LogP contribution is -2.25. The van der Waals surface area contributed by atoms with Crippen LogP contribution in [0.2, 0.25) is 10.0 Å². The highest BCUT2D eigenvalue weighted by Crippen LogP contribution is 2.31. The van der Waals surface area contributed by atoms with Crippen molar-refractivity contribution in [1.82, 2.24) is 0 Å². The average molecular weight is 295 g/mol. The summed E-state index contributed by atoms with van der Waals surface area (Å²) >= 11 is 11.9. The number of fused-ring (bicyclic) bond motifs is 1. The number of benzene rings is 1. The van der Waals surface area contributed by atoms with E-state index in [0.29, 0.717) is 22.9 Å². The maximum Gasteiger partial charge on any atom is 0.264 e. The summed E-state index contributed by atoms with van der Waals surface area (Å²) in [4.78, 5) is 0. The standard InChI is InChI=1S/C11H12Cl2O3S/c1-17(14,15)16-9-3-2-7-5-10(12)11(13)6-8(7)4-9/h5-6,9H,2-4H2,1H3. The van der Waals surface area contributed by atoms with Gasteiger partial charge in [-0.3, -0.25) is 4.18 Å². The van der Waals surface area contributed by atoms with E-state index >= 15 is 0 Å². The van der Waals surface area contributed by atoms with Gasteiger partial charge in [-0.1, -0.05) is 23.2 Å². The van der Waals surface area contributed by atoms with E-state index in [2.05, 4.69) is 0 Å². The van der Waals surface area contributed by atoms with Crippen LogP contribution in [-0.4, -0.2) is 20.8 Å². The number of halogens is 2. The molecule has 1 atom stereocenters. The Bertz CT molecular complexity index is 540. The van der Waals surface area contributed by atoms with Gasteiger partial charge in [0.05, 0.1) is 22.4 Å². The van der Waals surface area contributed by atoms with Crippen molar-refractivity contribution in [3.63, 3.8) is 0 Å². The van der Waals surface area contributed by atoms with Gasteiger partial charge in [0, 0.05) is 6.42 Å². The zero-order valence-electron chi connectivity index (χ0n) is 9.24. The summed E-state index contributed by atoms with van der Waals surface area (Å²) in [6, 6.07) is 3.63. The first-order valence-electron chi connectivity index (χ1n) is 5.20. The third kappa shape index (κ3) is 3.35. The normalized spacial score (nSPS) is 20.1. The fraction of sp³-hybridized carbons (Fsp3) is 0.455. The molecule has 1 unspecified atom stereocenters. The second kappa shape index (κ2) is 4.76. The van der Waals surface area contributed by atoms with Crippen molar-refractivity contribution >= 4 is 33.3 Å². The predicted molar refractivity (Wildman–Crippen MR) is 68.2 cm³/mol. The maximum absolute atomic E-state index is 11.1. The number of hydrogen-bond acceptors (Lipinski definition) is 3. The molecule has 6 heteroatoms. The minimum absolute atomic E-state index is 0.297. The second-order valence-electron chi connectivity index (χ2n) is 4.20. The molecule has 2 rings (SSSR count). The van der Waals surface area contributed by atoms with Gasteiger partial charge < -0.3 is 0 Å². The molecule has 0 saturated carbocycles. The van der Waals surface area contributed by atoms with Crippen molar-refractivity contribution < 1.29 is 12.6 Å². The van der Waals surface area contributed by atoms with Gasteiger partial charge in [-0.05, 0) is 36.1 Å². The molecule has 0 bridgehead atoms. The molecule has 1 aromatic rings. The molecule has 0 aliphatic heterocycles. The molecule has 0 amide bonds.